The number of aliphatic hydroxyl groups is 3. The summed E-state index contributed by atoms with van der Waals surface area (Å²) in [5.74, 6) is -0.229. The molecule has 6 heteroatoms. The second-order valence-corrected chi connectivity index (χ2v) is 10.8. The van der Waals surface area contributed by atoms with Gasteiger partial charge in [0.15, 0.2) is 0 Å². The van der Waals surface area contributed by atoms with Crippen LogP contribution in [0.3, 0.4) is 0 Å². The first-order valence-electron chi connectivity index (χ1n) is 10.4. The number of benzene rings is 2. The molecule has 1 unspecified atom stereocenters. The van der Waals surface area contributed by atoms with Crippen molar-refractivity contribution < 1.29 is 25.2 Å². The number of aliphatic carboxylic acids is 1. The van der Waals surface area contributed by atoms with E-state index in [4.69, 9.17) is 5.11 Å². The Morgan fingerprint density at radius 3 is 2.37 bits per heavy atom. The normalized spacial score (nSPS) is 27.7. The molecule has 2 aromatic carbocycles. The molecule has 5 nitrogen and oxygen atoms in total. The molecule has 3 rings (SSSR count). The molecule has 0 bridgehead atoms. The van der Waals surface area contributed by atoms with Gasteiger partial charge >= 0.3 is 5.97 Å². The van der Waals surface area contributed by atoms with Gasteiger partial charge in [-0.05, 0) is 60.3 Å². The maximum atomic E-state index is 10.7. The molecule has 1 aliphatic heterocycles. The highest BCUT2D eigenvalue weighted by Crippen LogP contribution is 2.48. The van der Waals surface area contributed by atoms with Gasteiger partial charge in [-0.1, -0.05) is 42.5 Å². The molecule has 1 aliphatic rings. The number of rotatable bonds is 7. The van der Waals surface area contributed by atoms with Gasteiger partial charge < -0.3 is 20.4 Å². The molecule has 1 heterocycles. The zero-order valence-corrected chi connectivity index (χ0v) is 18.4. The van der Waals surface area contributed by atoms with Crippen LogP contribution in [0.25, 0.3) is 0 Å². The van der Waals surface area contributed by atoms with E-state index in [9.17, 15) is 20.1 Å². The van der Waals surface area contributed by atoms with Gasteiger partial charge in [0.1, 0.15) is 6.10 Å². The molecule has 1 fully saturated rings. The summed E-state index contributed by atoms with van der Waals surface area (Å²) in [6.45, 7) is 2.07. The minimum absolute atomic E-state index is 0.144. The van der Waals surface area contributed by atoms with Crippen molar-refractivity contribution in [3.8, 4) is 0 Å². The first-order valence-corrected chi connectivity index (χ1v) is 12.4. The van der Waals surface area contributed by atoms with Crippen LogP contribution in [0.1, 0.15) is 45.9 Å². The second-order valence-electron chi connectivity index (χ2n) is 8.36. The molecule has 0 aliphatic carbocycles. The molecule has 0 spiro atoms. The Balaban J connectivity index is 1.73. The fourth-order valence-electron chi connectivity index (χ4n) is 4.20. The summed E-state index contributed by atoms with van der Waals surface area (Å²) < 4.78 is 0. The highest BCUT2D eigenvalue weighted by molar-refractivity contribution is 8.16. The number of aliphatic hydroxyl groups excluding tert-OH is 3. The van der Waals surface area contributed by atoms with Crippen LogP contribution in [0.15, 0.2) is 42.5 Å². The molecule has 2 aromatic rings. The number of aryl methyl sites for hydroxylation is 2. The van der Waals surface area contributed by atoms with E-state index in [1.807, 2.05) is 6.07 Å². The summed E-state index contributed by atoms with van der Waals surface area (Å²) >= 11 is 0. The summed E-state index contributed by atoms with van der Waals surface area (Å²) in [4.78, 5) is 10.7. The third kappa shape index (κ3) is 5.43. The van der Waals surface area contributed by atoms with Gasteiger partial charge in [-0.25, -0.2) is 10.9 Å². The van der Waals surface area contributed by atoms with Gasteiger partial charge in [0.25, 0.3) is 0 Å². The lowest BCUT2D eigenvalue weighted by atomic mass is 9.93. The smallest absolute Gasteiger partial charge is 0.303 e. The lowest BCUT2D eigenvalue weighted by molar-refractivity contribution is -0.137. The van der Waals surface area contributed by atoms with Gasteiger partial charge in [0, 0.05) is 17.4 Å². The topological polar surface area (TPSA) is 98.0 Å². The minimum Gasteiger partial charge on any atom is -0.481 e. The Morgan fingerprint density at radius 1 is 1.03 bits per heavy atom. The number of carboxylic acid groups (broad SMARTS) is 1. The average Bonchev–Trinajstić information content (AvgIpc) is 2.69. The van der Waals surface area contributed by atoms with E-state index < -0.39 is 35.2 Å². The van der Waals surface area contributed by atoms with Crippen molar-refractivity contribution in [1.82, 2.24) is 0 Å². The Bertz CT molecular complexity index is 866. The van der Waals surface area contributed by atoms with Crippen molar-refractivity contribution >= 4 is 16.9 Å². The summed E-state index contributed by atoms with van der Waals surface area (Å²) in [7, 11) is -0.635. The standard InChI is InChI=1S/C24H32O5S/c1-15-6-11-18(24-23(29)22(28)20(25)14-30(24)2)13-19(15)12-17-9-7-16(8-10-17)4-3-5-21(26)27/h6-11,13,20,22-25,28-30H,3-5,12,14H2,1-2H3,(H,26,27)/t20-,22-,23-,24+/m1/s1. The van der Waals surface area contributed by atoms with Gasteiger partial charge in [0.05, 0.1) is 12.2 Å². The van der Waals surface area contributed by atoms with Gasteiger partial charge in [-0.3, -0.25) is 4.79 Å². The molecule has 0 saturated carbocycles. The van der Waals surface area contributed by atoms with E-state index in [-0.39, 0.29) is 11.7 Å². The van der Waals surface area contributed by atoms with Crippen LogP contribution in [0.4, 0.5) is 0 Å². The molecular formula is C24H32O5S. The predicted octanol–water partition coefficient (Wildman–Crippen LogP) is 2.76. The fourth-order valence-corrected chi connectivity index (χ4v) is 6.60. The van der Waals surface area contributed by atoms with E-state index in [2.05, 4.69) is 49.6 Å². The molecule has 164 valence electrons. The quantitative estimate of drug-likeness (QED) is 0.434. The molecule has 0 amide bonds. The maximum Gasteiger partial charge on any atom is 0.303 e. The van der Waals surface area contributed by atoms with Crippen LogP contribution in [0.2, 0.25) is 0 Å². The van der Waals surface area contributed by atoms with Gasteiger partial charge in [-0.2, -0.15) is 0 Å². The Hall–Kier alpha value is -1.86. The third-order valence-corrected chi connectivity index (χ3v) is 8.51. The number of carbonyl (C=O) groups is 1. The maximum absolute atomic E-state index is 10.7. The zero-order chi connectivity index (χ0) is 21.8. The van der Waals surface area contributed by atoms with Crippen molar-refractivity contribution in [2.24, 2.45) is 0 Å². The summed E-state index contributed by atoms with van der Waals surface area (Å²) in [5, 5.41) is 39.3. The van der Waals surface area contributed by atoms with E-state index in [0.717, 1.165) is 24.0 Å². The molecule has 5 atom stereocenters. The summed E-state index contributed by atoms with van der Waals surface area (Å²) in [5.41, 5.74) is 5.70. The fraction of sp³-hybridized carbons (Fsp3) is 0.458. The number of hydrogen-bond acceptors (Lipinski definition) is 4. The lowest BCUT2D eigenvalue weighted by Crippen LogP contribution is -2.47. The third-order valence-electron chi connectivity index (χ3n) is 6.01. The molecule has 0 aromatic heterocycles. The van der Waals surface area contributed by atoms with Crippen LogP contribution < -0.4 is 0 Å². The van der Waals surface area contributed by atoms with E-state index in [0.29, 0.717) is 12.2 Å². The van der Waals surface area contributed by atoms with Crippen LogP contribution in [-0.2, 0) is 17.6 Å². The monoisotopic (exact) mass is 432 g/mol. The first kappa shape index (κ1) is 22.8. The van der Waals surface area contributed by atoms with Gasteiger partial charge in [0.2, 0.25) is 0 Å². The van der Waals surface area contributed by atoms with Crippen molar-refractivity contribution in [2.75, 3.05) is 12.0 Å². The molecule has 30 heavy (non-hydrogen) atoms. The summed E-state index contributed by atoms with van der Waals surface area (Å²) in [6, 6.07) is 14.5. The van der Waals surface area contributed by atoms with Crippen molar-refractivity contribution in [2.45, 2.75) is 56.2 Å². The predicted molar refractivity (Wildman–Crippen MR) is 122 cm³/mol. The van der Waals surface area contributed by atoms with Crippen molar-refractivity contribution in [3.05, 3.63) is 70.3 Å². The molecule has 4 N–H and O–H groups in total. The van der Waals surface area contributed by atoms with Crippen molar-refractivity contribution in [1.29, 1.82) is 0 Å². The van der Waals surface area contributed by atoms with Crippen LogP contribution >= 0.6 is 10.9 Å². The number of hydrogen-bond donors (Lipinski definition) is 5. The molecule has 0 radical (unpaired) electrons. The largest absolute Gasteiger partial charge is 0.481 e. The Kier molecular flexibility index (Phi) is 7.58. The van der Waals surface area contributed by atoms with Crippen molar-refractivity contribution in [3.63, 3.8) is 0 Å². The second kappa shape index (κ2) is 9.96. The van der Waals surface area contributed by atoms with Crippen LogP contribution in [0, 0.1) is 6.92 Å². The lowest BCUT2D eigenvalue weighted by Gasteiger charge is -2.42. The summed E-state index contributed by atoms with van der Waals surface area (Å²) in [6.07, 6.45) is 1.51. The Morgan fingerprint density at radius 2 is 1.70 bits per heavy atom. The van der Waals surface area contributed by atoms with Gasteiger partial charge in [-0.15, -0.1) is 0 Å². The number of thiol groups is 1. The minimum atomic E-state index is -1.10. The first-order chi connectivity index (χ1) is 14.3. The van der Waals surface area contributed by atoms with E-state index >= 15 is 0 Å². The molecule has 1 saturated heterocycles. The SMILES string of the molecule is Cc1ccc([C@H]2[C@H](O)[C@H](O)[C@H](O)C[SH]2C)cc1Cc1ccc(CCCC(=O)O)cc1. The highest BCUT2D eigenvalue weighted by atomic mass is 32.2. The van der Waals surface area contributed by atoms with Crippen LogP contribution in [0.5, 0.6) is 0 Å². The number of carboxylic acids is 1. The Labute approximate surface area is 180 Å². The average molecular weight is 433 g/mol. The van der Waals surface area contributed by atoms with E-state index in [1.165, 1.54) is 16.7 Å². The highest BCUT2D eigenvalue weighted by Gasteiger charge is 2.40. The van der Waals surface area contributed by atoms with Crippen LogP contribution in [-0.4, -0.2) is 56.7 Å². The molecular weight excluding hydrogens is 400 g/mol. The zero-order valence-electron chi connectivity index (χ0n) is 17.5. The van der Waals surface area contributed by atoms with E-state index in [1.54, 1.807) is 0 Å².